The normalized spacial score (nSPS) is 10.1. The zero-order chi connectivity index (χ0) is 21.5. The van der Waals surface area contributed by atoms with E-state index < -0.39 is 0 Å². The number of amides is 1. The smallest absolute Gasteiger partial charge is 0.243 e. The molecule has 6 nitrogen and oxygen atoms in total. The van der Waals surface area contributed by atoms with Gasteiger partial charge in [0.05, 0.1) is 17.9 Å². The molecule has 0 aliphatic heterocycles. The zero-order valence-corrected chi connectivity index (χ0v) is 17.2. The summed E-state index contributed by atoms with van der Waals surface area (Å²) in [6.45, 7) is 0.0822. The number of carbonyl (C=O) groups is 1. The monoisotopic (exact) mass is 427 g/mol. The van der Waals surface area contributed by atoms with Crippen LogP contribution in [0.1, 0.15) is 11.1 Å². The van der Waals surface area contributed by atoms with Crippen LogP contribution >= 0.6 is 11.6 Å². The van der Waals surface area contributed by atoms with E-state index in [9.17, 15) is 4.79 Å². The maximum atomic E-state index is 12.5. The van der Waals surface area contributed by atoms with E-state index in [4.69, 9.17) is 11.6 Å². The van der Waals surface area contributed by atoms with Crippen LogP contribution in [0.3, 0.4) is 0 Å². The summed E-state index contributed by atoms with van der Waals surface area (Å²) in [5.74, 6) is 6.05. The summed E-state index contributed by atoms with van der Waals surface area (Å²) < 4.78 is 1.56. The first-order valence-corrected chi connectivity index (χ1v) is 9.90. The molecule has 0 bridgehead atoms. The second-order valence-electron chi connectivity index (χ2n) is 6.60. The Morgan fingerprint density at radius 1 is 0.968 bits per heavy atom. The molecule has 0 unspecified atom stereocenters. The molecule has 4 rings (SSSR count). The number of rotatable bonds is 5. The van der Waals surface area contributed by atoms with Gasteiger partial charge >= 0.3 is 0 Å². The average Bonchev–Trinajstić information content (AvgIpc) is 3.32. The van der Waals surface area contributed by atoms with E-state index in [0.29, 0.717) is 16.4 Å². The van der Waals surface area contributed by atoms with Crippen molar-refractivity contribution < 1.29 is 4.79 Å². The van der Waals surface area contributed by atoms with Crippen LogP contribution in [-0.2, 0) is 4.79 Å². The molecule has 0 aliphatic carbocycles. The molecular formula is C24H18ClN5O. The predicted octanol–water partition coefficient (Wildman–Crippen LogP) is 4.37. The van der Waals surface area contributed by atoms with Crippen molar-refractivity contribution in [2.75, 3.05) is 17.2 Å². The minimum atomic E-state index is -0.218. The van der Waals surface area contributed by atoms with Crippen molar-refractivity contribution in [1.82, 2.24) is 14.8 Å². The molecule has 0 saturated carbocycles. The summed E-state index contributed by atoms with van der Waals surface area (Å²) in [6, 6.07) is 22.6. The van der Waals surface area contributed by atoms with Gasteiger partial charge in [-0.25, -0.2) is 9.67 Å². The molecule has 2 N–H and O–H groups in total. The third-order valence-electron chi connectivity index (χ3n) is 4.34. The Labute approximate surface area is 184 Å². The summed E-state index contributed by atoms with van der Waals surface area (Å²) in [7, 11) is 0. The van der Waals surface area contributed by atoms with Gasteiger partial charge in [0.2, 0.25) is 5.91 Å². The van der Waals surface area contributed by atoms with Gasteiger partial charge in [-0.15, -0.1) is 0 Å². The molecule has 7 heteroatoms. The van der Waals surface area contributed by atoms with Gasteiger partial charge in [0.15, 0.2) is 0 Å². The highest BCUT2D eigenvalue weighted by molar-refractivity contribution is 6.31. The molecule has 0 saturated heterocycles. The van der Waals surface area contributed by atoms with E-state index in [2.05, 4.69) is 32.6 Å². The van der Waals surface area contributed by atoms with Gasteiger partial charge in [0.25, 0.3) is 0 Å². The minimum absolute atomic E-state index is 0.0822. The van der Waals surface area contributed by atoms with Gasteiger partial charge < -0.3 is 10.6 Å². The molecule has 31 heavy (non-hydrogen) atoms. The fourth-order valence-corrected chi connectivity index (χ4v) is 3.06. The summed E-state index contributed by atoms with van der Waals surface area (Å²) in [4.78, 5) is 16.5. The van der Waals surface area contributed by atoms with E-state index in [1.165, 1.54) is 6.33 Å². The lowest BCUT2D eigenvalue weighted by Crippen LogP contribution is -2.22. The maximum Gasteiger partial charge on any atom is 0.243 e. The van der Waals surface area contributed by atoms with Crippen molar-refractivity contribution >= 4 is 28.9 Å². The van der Waals surface area contributed by atoms with Crippen LogP contribution < -0.4 is 10.6 Å². The zero-order valence-electron chi connectivity index (χ0n) is 16.4. The van der Waals surface area contributed by atoms with E-state index in [1.807, 2.05) is 54.6 Å². The summed E-state index contributed by atoms with van der Waals surface area (Å²) in [5, 5.41) is 10.6. The molecule has 152 valence electrons. The summed E-state index contributed by atoms with van der Waals surface area (Å²) in [5.41, 5.74) is 3.83. The molecule has 0 spiro atoms. The number of benzene rings is 3. The van der Waals surface area contributed by atoms with Gasteiger partial charge in [-0.1, -0.05) is 47.7 Å². The minimum Gasteiger partial charge on any atom is -0.376 e. The van der Waals surface area contributed by atoms with Crippen molar-refractivity contribution in [3.8, 4) is 17.5 Å². The van der Waals surface area contributed by atoms with Gasteiger partial charge in [-0.05, 0) is 48.5 Å². The highest BCUT2D eigenvalue weighted by atomic mass is 35.5. The number of hydrogen-bond acceptors (Lipinski definition) is 4. The van der Waals surface area contributed by atoms with Crippen molar-refractivity contribution in [1.29, 1.82) is 0 Å². The van der Waals surface area contributed by atoms with Crippen LogP contribution in [0.2, 0.25) is 5.02 Å². The highest BCUT2D eigenvalue weighted by Gasteiger charge is 2.10. The van der Waals surface area contributed by atoms with Crippen molar-refractivity contribution in [3.63, 3.8) is 0 Å². The first-order valence-electron chi connectivity index (χ1n) is 9.53. The number of aromatic nitrogens is 3. The Balaban J connectivity index is 1.41. The van der Waals surface area contributed by atoms with Gasteiger partial charge in [0.1, 0.15) is 12.7 Å². The van der Waals surface area contributed by atoms with Crippen LogP contribution in [0.25, 0.3) is 5.69 Å². The fraction of sp³-hybridized carbons (Fsp3) is 0.0417. The third kappa shape index (κ3) is 5.50. The number of carbonyl (C=O) groups excluding carboxylic acids is 1. The maximum absolute atomic E-state index is 12.5. The van der Waals surface area contributed by atoms with Gasteiger partial charge in [-0.2, -0.15) is 5.10 Å². The van der Waals surface area contributed by atoms with Gasteiger partial charge in [0, 0.05) is 21.8 Å². The Kier molecular flexibility index (Phi) is 6.26. The number of anilines is 2. The molecule has 3 aromatic carbocycles. The van der Waals surface area contributed by atoms with Crippen LogP contribution in [-0.4, -0.2) is 27.2 Å². The number of halogens is 1. The van der Waals surface area contributed by atoms with E-state index in [0.717, 1.165) is 16.8 Å². The van der Waals surface area contributed by atoms with Crippen molar-refractivity contribution in [3.05, 3.63) is 102 Å². The van der Waals surface area contributed by atoms with Crippen LogP contribution in [0.4, 0.5) is 11.4 Å². The Hall–Kier alpha value is -4.08. The largest absolute Gasteiger partial charge is 0.376 e. The van der Waals surface area contributed by atoms with Crippen LogP contribution in [0, 0.1) is 11.8 Å². The molecule has 1 amide bonds. The molecule has 1 heterocycles. The Bertz CT molecular complexity index is 1240. The third-order valence-corrected chi connectivity index (χ3v) is 4.57. The van der Waals surface area contributed by atoms with E-state index >= 15 is 0 Å². The Morgan fingerprint density at radius 2 is 1.77 bits per heavy atom. The second kappa shape index (κ2) is 9.61. The Morgan fingerprint density at radius 3 is 2.58 bits per heavy atom. The molecule has 0 aliphatic rings. The lowest BCUT2D eigenvalue weighted by Gasteiger charge is -2.12. The molecule has 0 atom stereocenters. The summed E-state index contributed by atoms with van der Waals surface area (Å²) >= 11 is 6.10. The van der Waals surface area contributed by atoms with Crippen molar-refractivity contribution in [2.24, 2.45) is 0 Å². The quantitative estimate of drug-likeness (QED) is 0.464. The molecule has 1 aromatic heterocycles. The lowest BCUT2D eigenvalue weighted by atomic mass is 10.1. The highest BCUT2D eigenvalue weighted by Crippen LogP contribution is 2.24. The second-order valence-corrected chi connectivity index (χ2v) is 7.04. The first kappa shape index (κ1) is 20.2. The molecule has 4 aromatic rings. The predicted molar refractivity (Wildman–Crippen MR) is 122 cm³/mol. The van der Waals surface area contributed by atoms with E-state index in [-0.39, 0.29) is 12.5 Å². The lowest BCUT2D eigenvalue weighted by molar-refractivity contribution is -0.114. The first-order chi connectivity index (χ1) is 15.2. The standard InChI is InChI=1S/C24H18ClN5O/c25-20-11-12-23(30-17-26-16-28-30)22(14-20)29-24(31)15-27-21-8-4-7-19(13-21)10-9-18-5-2-1-3-6-18/h1-8,11-14,16-17,27H,15H2,(H,29,31). The fourth-order valence-electron chi connectivity index (χ4n) is 2.89. The van der Waals surface area contributed by atoms with Crippen molar-refractivity contribution in [2.45, 2.75) is 0 Å². The average molecular weight is 428 g/mol. The van der Waals surface area contributed by atoms with Gasteiger partial charge in [-0.3, -0.25) is 4.79 Å². The number of nitrogens with one attached hydrogen (secondary N) is 2. The molecular weight excluding hydrogens is 410 g/mol. The number of hydrogen-bond donors (Lipinski definition) is 2. The topological polar surface area (TPSA) is 71.8 Å². The molecule has 0 fully saturated rings. The van der Waals surface area contributed by atoms with E-state index in [1.54, 1.807) is 29.2 Å². The SMILES string of the molecule is O=C(CNc1cccc(C#Cc2ccccc2)c1)Nc1cc(Cl)ccc1-n1cncn1. The molecule has 0 radical (unpaired) electrons. The number of nitrogens with zero attached hydrogens (tertiary/aromatic N) is 3. The van der Waals surface area contributed by atoms with Crippen LogP contribution in [0.5, 0.6) is 0 Å². The summed E-state index contributed by atoms with van der Waals surface area (Å²) in [6.07, 6.45) is 2.98. The van der Waals surface area contributed by atoms with Crippen LogP contribution in [0.15, 0.2) is 85.5 Å².